The fourth-order valence-corrected chi connectivity index (χ4v) is 5.50. The smallest absolute Gasteiger partial charge is 0.290 e. The lowest BCUT2D eigenvalue weighted by Gasteiger charge is -2.26. The second-order valence-corrected chi connectivity index (χ2v) is 10.8. The SMILES string of the molecule is CN(C)CCCN1C(=O)c2oc3c(ccc4ccccc43)c(=O)c2C1c1ccc(OCc2ccc(Cl)cc2)cc1. The van der Waals surface area contributed by atoms with E-state index in [4.69, 9.17) is 20.8 Å². The van der Waals surface area contributed by atoms with Crippen LogP contribution in [0.2, 0.25) is 5.02 Å². The Morgan fingerprint density at radius 3 is 2.40 bits per heavy atom. The number of hydrogen-bond donors (Lipinski definition) is 0. The highest BCUT2D eigenvalue weighted by Gasteiger charge is 2.42. The number of fused-ring (bicyclic) bond motifs is 4. The minimum Gasteiger partial charge on any atom is -0.489 e. The Hall–Kier alpha value is -4.13. The van der Waals surface area contributed by atoms with Crippen molar-refractivity contribution in [1.82, 2.24) is 9.80 Å². The zero-order chi connectivity index (χ0) is 27.8. The summed E-state index contributed by atoms with van der Waals surface area (Å²) >= 11 is 5.98. The Morgan fingerprint density at radius 1 is 0.900 bits per heavy atom. The maximum atomic E-state index is 14.0. The third-order valence-corrected chi connectivity index (χ3v) is 7.63. The van der Waals surface area contributed by atoms with Crippen LogP contribution in [0.1, 0.15) is 39.7 Å². The first kappa shape index (κ1) is 26.1. The van der Waals surface area contributed by atoms with Gasteiger partial charge in [-0.05, 0) is 73.9 Å². The van der Waals surface area contributed by atoms with E-state index < -0.39 is 6.04 Å². The van der Waals surface area contributed by atoms with Crippen molar-refractivity contribution in [3.05, 3.63) is 123 Å². The lowest BCUT2D eigenvalue weighted by atomic mass is 9.97. The summed E-state index contributed by atoms with van der Waals surface area (Å²) in [6.07, 6.45) is 0.766. The van der Waals surface area contributed by atoms with Crippen LogP contribution < -0.4 is 10.2 Å². The van der Waals surface area contributed by atoms with E-state index in [-0.39, 0.29) is 17.1 Å². The number of rotatable bonds is 8. The van der Waals surface area contributed by atoms with Gasteiger partial charge in [-0.1, -0.05) is 66.2 Å². The molecule has 1 amide bonds. The van der Waals surface area contributed by atoms with Crippen LogP contribution in [-0.2, 0) is 6.61 Å². The van der Waals surface area contributed by atoms with Crippen molar-refractivity contribution >= 4 is 39.2 Å². The number of halogens is 1. The molecule has 0 N–H and O–H groups in total. The molecule has 4 aromatic carbocycles. The summed E-state index contributed by atoms with van der Waals surface area (Å²) < 4.78 is 12.3. The fraction of sp³-hybridized carbons (Fsp3) is 0.212. The summed E-state index contributed by atoms with van der Waals surface area (Å²) in [5.74, 6) is 0.569. The van der Waals surface area contributed by atoms with Gasteiger partial charge in [-0.15, -0.1) is 0 Å². The van der Waals surface area contributed by atoms with Crippen molar-refractivity contribution in [2.45, 2.75) is 19.1 Å². The standard InChI is InChI=1S/C33H29ClN2O4/c1-35(2)18-5-19-36-29(23-10-15-25(16-11-23)39-20-21-8-13-24(34)14-9-21)28-30(37)27-17-12-22-6-3-4-7-26(22)31(27)40-32(28)33(36)38/h3-4,6-17,29H,5,18-20H2,1-2H3. The van der Waals surface area contributed by atoms with Crippen molar-refractivity contribution in [1.29, 1.82) is 0 Å². The molecule has 0 radical (unpaired) electrons. The van der Waals surface area contributed by atoms with E-state index >= 15 is 0 Å². The molecule has 6 nitrogen and oxygen atoms in total. The first-order chi connectivity index (χ1) is 19.4. The molecule has 6 rings (SSSR count). The average Bonchev–Trinajstić information content (AvgIpc) is 3.24. The Labute approximate surface area is 237 Å². The molecule has 0 bridgehead atoms. The summed E-state index contributed by atoms with van der Waals surface area (Å²) in [6, 6.07) is 26.0. The normalized spacial score (nSPS) is 14.8. The first-order valence-corrected chi connectivity index (χ1v) is 13.7. The molecular formula is C33H29ClN2O4. The van der Waals surface area contributed by atoms with E-state index in [2.05, 4.69) is 4.90 Å². The molecular weight excluding hydrogens is 524 g/mol. The van der Waals surface area contributed by atoms with Gasteiger partial charge in [-0.3, -0.25) is 9.59 Å². The van der Waals surface area contributed by atoms with Gasteiger partial charge >= 0.3 is 0 Å². The molecule has 1 aliphatic rings. The van der Waals surface area contributed by atoms with Gasteiger partial charge in [0.25, 0.3) is 5.91 Å². The summed E-state index contributed by atoms with van der Waals surface area (Å²) in [6.45, 7) is 1.72. The van der Waals surface area contributed by atoms with Crippen LogP contribution in [0.4, 0.5) is 0 Å². The van der Waals surface area contributed by atoms with Crippen molar-refractivity contribution < 1.29 is 13.9 Å². The highest BCUT2D eigenvalue weighted by atomic mass is 35.5. The molecule has 0 spiro atoms. The molecule has 202 valence electrons. The van der Waals surface area contributed by atoms with Crippen molar-refractivity contribution in [2.24, 2.45) is 0 Å². The number of nitrogens with zero attached hydrogens (tertiary/aromatic N) is 2. The Morgan fingerprint density at radius 2 is 1.65 bits per heavy atom. The van der Waals surface area contributed by atoms with Crippen LogP contribution in [0.15, 0.2) is 94.1 Å². The summed E-state index contributed by atoms with van der Waals surface area (Å²) in [5.41, 5.74) is 2.53. The van der Waals surface area contributed by atoms with Gasteiger partial charge in [0.2, 0.25) is 5.76 Å². The quantitative estimate of drug-likeness (QED) is 0.201. The summed E-state index contributed by atoms with van der Waals surface area (Å²) in [4.78, 5) is 31.6. The zero-order valence-corrected chi connectivity index (χ0v) is 23.1. The van der Waals surface area contributed by atoms with Crippen LogP contribution in [0, 0.1) is 0 Å². The second kappa shape index (κ2) is 10.8. The van der Waals surface area contributed by atoms with Gasteiger partial charge in [0.05, 0.1) is 17.0 Å². The predicted octanol–water partition coefficient (Wildman–Crippen LogP) is 6.68. The fourth-order valence-electron chi connectivity index (χ4n) is 5.38. The Balaban J connectivity index is 1.38. The van der Waals surface area contributed by atoms with Crippen LogP contribution in [0.3, 0.4) is 0 Å². The lowest BCUT2D eigenvalue weighted by Crippen LogP contribution is -2.32. The minimum absolute atomic E-state index is 0.131. The van der Waals surface area contributed by atoms with Gasteiger partial charge in [-0.2, -0.15) is 0 Å². The van der Waals surface area contributed by atoms with Gasteiger partial charge < -0.3 is 19.0 Å². The van der Waals surface area contributed by atoms with Crippen molar-refractivity contribution in [3.63, 3.8) is 0 Å². The number of ether oxygens (including phenoxy) is 1. The number of carbonyl (C=O) groups excluding carboxylic acids is 1. The van der Waals surface area contributed by atoms with Crippen molar-refractivity contribution in [3.8, 4) is 5.75 Å². The molecule has 0 fully saturated rings. The highest BCUT2D eigenvalue weighted by Crippen LogP contribution is 2.39. The number of benzene rings is 4. The first-order valence-electron chi connectivity index (χ1n) is 13.3. The van der Waals surface area contributed by atoms with Crippen molar-refractivity contribution in [2.75, 3.05) is 27.2 Å². The molecule has 7 heteroatoms. The Kier molecular flexibility index (Phi) is 7.05. The molecule has 0 aliphatic carbocycles. The van der Waals surface area contributed by atoms with E-state index in [1.165, 1.54) is 0 Å². The molecule has 1 unspecified atom stereocenters. The molecule has 1 aliphatic heterocycles. The van der Waals surface area contributed by atoms with Crippen LogP contribution in [0.5, 0.6) is 5.75 Å². The van der Waals surface area contributed by atoms with E-state index in [0.29, 0.717) is 40.5 Å². The van der Waals surface area contributed by atoms with Gasteiger partial charge in [0.1, 0.15) is 17.9 Å². The van der Waals surface area contributed by atoms with Crippen LogP contribution in [0.25, 0.3) is 21.7 Å². The maximum Gasteiger partial charge on any atom is 0.290 e. The molecule has 1 aromatic heterocycles. The van der Waals surface area contributed by atoms with E-state index in [9.17, 15) is 9.59 Å². The summed E-state index contributed by atoms with van der Waals surface area (Å²) in [7, 11) is 4.01. The molecule has 2 heterocycles. The lowest BCUT2D eigenvalue weighted by molar-refractivity contribution is 0.0722. The molecule has 1 atom stereocenters. The zero-order valence-electron chi connectivity index (χ0n) is 22.4. The number of amides is 1. The van der Waals surface area contributed by atoms with E-state index in [1.807, 2.05) is 93.0 Å². The molecule has 5 aromatic rings. The predicted molar refractivity (Wildman–Crippen MR) is 158 cm³/mol. The van der Waals surface area contributed by atoms with E-state index in [0.717, 1.165) is 34.9 Å². The molecule has 0 saturated heterocycles. The Bertz CT molecular complexity index is 1760. The molecule has 40 heavy (non-hydrogen) atoms. The van der Waals surface area contributed by atoms with Crippen LogP contribution in [-0.4, -0.2) is 42.9 Å². The summed E-state index contributed by atoms with van der Waals surface area (Å²) in [5, 5.41) is 2.93. The maximum absolute atomic E-state index is 14.0. The highest BCUT2D eigenvalue weighted by molar-refractivity contribution is 6.30. The largest absolute Gasteiger partial charge is 0.489 e. The van der Waals surface area contributed by atoms with Gasteiger partial charge in [0.15, 0.2) is 5.43 Å². The topological polar surface area (TPSA) is 63.0 Å². The monoisotopic (exact) mass is 552 g/mol. The second-order valence-electron chi connectivity index (χ2n) is 10.4. The van der Waals surface area contributed by atoms with E-state index in [1.54, 1.807) is 11.0 Å². The third-order valence-electron chi connectivity index (χ3n) is 7.38. The number of carbonyl (C=O) groups is 1. The minimum atomic E-state index is -0.540. The molecule has 0 saturated carbocycles. The number of hydrogen-bond acceptors (Lipinski definition) is 5. The van der Waals surface area contributed by atoms with Crippen LogP contribution >= 0.6 is 11.6 Å². The third kappa shape index (κ3) is 4.85. The average molecular weight is 553 g/mol. The van der Waals surface area contributed by atoms with Gasteiger partial charge in [-0.25, -0.2) is 0 Å². The van der Waals surface area contributed by atoms with Gasteiger partial charge in [0, 0.05) is 17.0 Å².